The molecule has 0 saturated heterocycles. The van der Waals surface area contributed by atoms with Crippen LogP contribution in [0.5, 0.6) is 5.75 Å². The molecule has 1 N–H and O–H groups in total. The largest absolute Gasteiger partial charge is 0.497 e. The van der Waals surface area contributed by atoms with E-state index in [1.54, 1.807) is 49.3 Å². The summed E-state index contributed by atoms with van der Waals surface area (Å²) in [6, 6.07) is 21.9. The van der Waals surface area contributed by atoms with Gasteiger partial charge in [-0.15, -0.1) is 0 Å². The lowest BCUT2D eigenvalue weighted by molar-refractivity contribution is -0.126. The Morgan fingerprint density at radius 3 is 2.58 bits per heavy atom. The standard InChI is InChI=1S/C25H23ClN2O3/c1-25(24(30)27-16-17-6-5-8-21(14-17)31-2)15-18-7-3-4-9-22(18)23(29)28(25)20-12-10-19(26)11-13-20/h3-14H,15-16H2,1-2H3,(H,27,30). The second kappa shape index (κ2) is 8.44. The minimum atomic E-state index is -1.10. The van der Waals surface area contributed by atoms with Crippen LogP contribution in [0.25, 0.3) is 0 Å². The maximum absolute atomic E-state index is 13.5. The summed E-state index contributed by atoms with van der Waals surface area (Å²) in [7, 11) is 1.60. The van der Waals surface area contributed by atoms with Crippen LogP contribution in [-0.4, -0.2) is 24.5 Å². The molecule has 158 valence electrons. The van der Waals surface area contributed by atoms with Gasteiger partial charge < -0.3 is 10.1 Å². The summed E-state index contributed by atoms with van der Waals surface area (Å²) in [6.07, 6.45) is 0.404. The predicted molar refractivity (Wildman–Crippen MR) is 122 cm³/mol. The summed E-state index contributed by atoms with van der Waals surface area (Å²) in [5, 5.41) is 3.58. The van der Waals surface area contributed by atoms with Gasteiger partial charge in [-0.3, -0.25) is 14.5 Å². The number of anilines is 1. The fourth-order valence-corrected chi connectivity index (χ4v) is 4.13. The highest BCUT2D eigenvalue weighted by atomic mass is 35.5. The lowest BCUT2D eigenvalue weighted by Gasteiger charge is -2.44. The fraction of sp³-hybridized carbons (Fsp3) is 0.200. The second-order valence-corrected chi connectivity index (χ2v) is 8.20. The number of halogens is 1. The van der Waals surface area contributed by atoms with Crippen LogP contribution < -0.4 is 15.0 Å². The average Bonchev–Trinajstić information content (AvgIpc) is 2.79. The first-order valence-electron chi connectivity index (χ1n) is 10.0. The molecule has 0 aliphatic carbocycles. The van der Waals surface area contributed by atoms with Crippen molar-refractivity contribution >= 4 is 29.1 Å². The topological polar surface area (TPSA) is 58.6 Å². The molecular weight excluding hydrogens is 412 g/mol. The molecule has 0 spiro atoms. The molecule has 0 radical (unpaired) electrons. The molecule has 0 fully saturated rings. The molecule has 1 heterocycles. The molecule has 0 bridgehead atoms. The Morgan fingerprint density at radius 1 is 1.10 bits per heavy atom. The normalized spacial score (nSPS) is 17.8. The van der Waals surface area contributed by atoms with Crippen LogP contribution in [0, 0.1) is 0 Å². The summed E-state index contributed by atoms with van der Waals surface area (Å²) < 4.78 is 5.26. The van der Waals surface area contributed by atoms with Crippen molar-refractivity contribution in [2.75, 3.05) is 12.0 Å². The van der Waals surface area contributed by atoms with E-state index in [1.165, 1.54) is 0 Å². The molecule has 2 amide bonds. The highest BCUT2D eigenvalue weighted by Crippen LogP contribution is 2.36. The molecule has 1 aliphatic heterocycles. The first-order chi connectivity index (χ1) is 14.9. The van der Waals surface area contributed by atoms with Gasteiger partial charge in [-0.1, -0.05) is 41.9 Å². The molecule has 3 aromatic rings. The lowest BCUT2D eigenvalue weighted by atomic mass is 9.82. The quantitative estimate of drug-likeness (QED) is 0.637. The van der Waals surface area contributed by atoms with Gasteiger partial charge >= 0.3 is 0 Å². The molecule has 31 heavy (non-hydrogen) atoms. The number of rotatable bonds is 5. The first-order valence-corrected chi connectivity index (χ1v) is 10.4. The van der Waals surface area contributed by atoms with Crippen molar-refractivity contribution in [1.82, 2.24) is 5.32 Å². The summed E-state index contributed by atoms with van der Waals surface area (Å²) >= 11 is 6.05. The Kier molecular flexibility index (Phi) is 5.70. The number of methoxy groups -OCH3 is 1. The number of hydrogen-bond acceptors (Lipinski definition) is 3. The van der Waals surface area contributed by atoms with Crippen molar-refractivity contribution in [2.24, 2.45) is 0 Å². The average molecular weight is 435 g/mol. The number of carbonyl (C=O) groups excluding carboxylic acids is 2. The lowest BCUT2D eigenvalue weighted by Crippen LogP contribution is -2.63. The Morgan fingerprint density at radius 2 is 1.84 bits per heavy atom. The Labute approximate surface area is 186 Å². The molecule has 4 rings (SSSR count). The third-order valence-corrected chi connectivity index (χ3v) is 5.89. The van der Waals surface area contributed by atoms with Gasteiger partial charge in [0.15, 0.2) is 0 Å². The Bertz CT molecular complexity index is 1130. The summed E-state index contributed by atoms with van der Waals surface area (Å²) in [6.45, 7) is 2.13. The summed E-state index contributed by atoms with van der Waals surface area (Å²) in [4.78, 5) is 28.5. The molecule has 3 aromatic carbocycles. The van der Waals surface area contributed by atoms with Gasteiger partial charge in [0, 0.05) is 29.2 Å². The van der Waals surface area contributed by atoms with Gasteiger partial charge in [0.2, 0.25) is 5.91 Å². The minimum Gasteiger partial charge on any atom is -0.497 e. The second-order valence-electron chi connectivity index (χ2n) is 7.76. The Balaban J connectivity index is 1.68. The Hall–Kier alpha value is -3.31. The van der Waals surface area contributed by atoms with Crippen molar-refractivity contribution in [3.8, 4) is 5.75 Å². The number of hydrogen-bond donors (Lipinski definition) is 1. The minimum absolute atomic E-state index is 0.205. The van der Waals surface area contributed by atoms with Gasteiger partial charge in [-0.2, -0.15) is 0 Å². The zero-order chi connectivity index (χ0) is 22.0. The van der Waals surface area contributed by atoms with Gasteiger partial charge in [0.25, 0.3) is 5.91 Å². The number of fused-ring (bicyclic) bond motifs is 1. The third kappa shape index (κ3) is 4.01. The smallest absolute Gasteiger partial charge is 0.259 e. The van der Waals surface area contributed by atoms with Gasteiger partial charge in [0.1, 0.15) is 11.3 Å². The van der Waals surface area contributed by atoms with Crippen LogP contribution in [0.3, 0.4) is 0 Å². The number of benzene rings is 3. The van der Waals surface area contributed by atoms with Crippen LogP contribution in [-0.2, 0) is 17.8 Å². The van der Waals surface area contributed by atoms with E-state index >= 15 is 0 Å². The number of nitrogens with one attached hydrogen (secondary N) is 1. The van der Waals surface area contributed by atoms with E-state index in [-0.39, 0.29) is 11.8 Å². The monoisotopic (exact) mass is 434 g/mol. The van der Waals surface area contributed by atoms with Crippen LogP contribution >= 0.6 is 11.6 Å². The van der Waals surface area contributed by atoms with E-state index in [9.17, 15) is 9.59 Å². The van der Waals surface area contributed by atoms with Gasteiger partial charge in [-0.05, 0) is 60.5 Å². The molecule has 1 atom stereocenters. The molecule has 1 unspecified atom stereocenters. The zero-order valence-corrected chi connectivity index (χ0v) is 18.1. The molecule has 0 saturated carbocycles. The maximum Gasteiger partial charge on any atom is 0.259 e. The molecule has 5 nitrogen and oxygen atoms in total. The number of carbonyl (C=O) groups is 2. The van der Waals surface area contributed by atoms with E-state index in [2.05, 4.69) is 5.32 Å². The van der Waals surface area contributed by atoms with Crippen molar-refractivity contribution in [1.29, 1.82) is 0 Å². The first kappa shape index (κ1) is 20.9. The zero-order valence-electron chi connectivity index (χ0n) is 17.4. The van der Waals surface area contributed by atoms with Crippen LogP contribution in [0.2, 0.25) is 5.02 Å². The summed E-state index contributed by atoms with van der Waals surface area (Å²) in [5.74, 6) is 0.291. The van der Waals surface area contributed by atoms with E-state index in [1.807, 2.05) is 42.5 Å². The molecular formula is C25H23ClN2O3. The number of ether oxygens (including phenoxy) is 1. The number of nitrogens with zero attached hydrogens (tertiary/aromatic N) is 1. The molecule has 1 aliphatic rings. The van der Waals surface area contributed by atoms with E-state index in [0.717, 1.165) is 16.9 Å². The highest BCUT2D eigenvalue weighted by molar-refractivity contribution is 6.30. The van der Waals surface area contributed by atoms with E-state index in [0.29, 0.717) is 29.2 Å². The number of amides is 2. The molecule has 6 heteroatoms. The van der Waals surface area contributed by atoms with Crippen LogP contribution in [0.1, 0.15) is 28.4 Å². The van der Waals surface area contributed by atoms with E-state index < -0.39 is 5.54 Å². The van der Waals surface area contributed by atoms with Crippen LogP contribution in [0.4, 0.5) is 5.69 Å². The van der Waals surface area contributed by atoms with Crippen molar-refractivity contribution in [2.45, 2.75) is 25.4 Å². The SMILES string of the molecule is COc1cccc(CNC(=O)C2(C)Cc3ccccc3C(=O)N2c2ccc(Cl)cc2)c1. The van der Waals surface area contributed by atoms with Crippen LogP contribution in [0.15, 0.2) is 72.8 Å². The van der Waals surface area contributed by atoms with Crippen molar-refractivity contribution in [3.05, 3.63) is 94.5 Å². The predicted octanol–water partition coefficient (Wildman–Crippen LogP) is 4.63. The van der Waals surface area contributed by atoms with Crippen molar-refractivity contribution < 1.29 is 14.3 Å². The molecule has 0 aromatic heterocycles. The van der Waals surface area contributed by atoms with Gasteiger partial charge in [-0.25, -0.2) is 0 Å². The maximum atomic E-state index is 13.5. The fourth-order valence-electron chi connectivity index (χ4n) is 4.01. The van der Waals surface area contributed by atoms with E-state index in [4.69, 9.17) is 16.3 Å². The highest BCUT2D eigenvalue weighted by Gasteiger charge is 2.47. The summed E-state index contributed by atoms with van der Waals surface area (Å²) in [5.41, 5.74) is 1.91. The van der Waals surface area contributed by atoms with Crippen molar-refractivity contribution in [3.63, 3.8) is 0 Å². The van der Waals surface area contributed by atoms with Gasteiger partial charge in [0.05, 0.1) is 7.11 Å². The third-order valence-electron chi connectivity index (χ3n) is 5.64.